The number of benzene rings is 1. The predicted octanol–water partition coefficient (Wildman–Crippen LogP) is 1.97. The van der Waals surface area contributed by atoms with Crippen LogP contribution in [0.15, 0.2) is 47.4 Å². The Labute approximate surface area is 82.8 Å². The van der Waals surface area contributed by atoms with Crippen molar-refractivity contribution in [1.29, 1.82) is 0 Å². The Morgan fingerprint density at radius 2 is 1.77 bits per heavy atom. The molecule has 0 unspecified atom stereocenters. The number of hydrogen-bond acceptors (Lipinski definition) is 1. The van der Waals surface area contributed by atoms with Crippen molar-refractivity contribution in [2.75, 3.05) is 0 Å². The molecule has 0 N–H and O–H groups in total. The first kappa shape index (κ1) is 8.49. The number of hydrogen-bond donors (Lipinski definition) is 0. The maximum absolute atomic E-state index is 11.8. The Balaban J connectivity index is 2.34. The molecule has 0 amide bonds. The number of carbonyl (C=O) groups is 1. The van der Waals surface area contributed by atoms with Gasteiger partial charge in [0, 0.05) is 0 Å². The summed E-state index contributed by atoms with van der Waals surface area (Å²) in [7, 11) is 0. The zero-order chi connectivity index (χ0) is 9.10. The second kappa shape index (κ2) is 3.73. The maximum atomic E-state index is 11.8. The number of rotatable bonds is 2. The van der Waals surface area contributed by atoms with Crippen molar-refractivity contribution < 1.29 is 4.79 Å². The summed E-state index contributed by atoms with van der Waals surface area (Å²) < 4.78 is 0.943. The average molecular weight is 235 g/mol. The summed E-state index contributed by atoms with van der Waals surface area (Å²) in [6.07, 6.45) is 0. The van der Waals surface area contributed by atoms with Gasteiger partial charge in [0.2, 0.25) is 0 Å². The zero-order valence-electron chi connectivity index (χ0n) is 6.94. The van der Waals surface area contributed by atoms with Crippen LogP contribution in [0.3, 0.4) is 0 Å². The van der Waals surface area contributed by atoms with Crippen LogP contribution >= 0.6 is 0 Å². The van der Waals surface area contributed by atoms with Crippen molar-refractivity contribution in [1.82, 2.24) is 0 Å². The van der Waals surface area contributed by atoms with Gasteiger partial charge in [0.15, 0.2) is 0 Å². The molecule has 0 spiro atoms. The average Bonchev–Trinajstić information content (AvgIpc) is 2.71. The molecule has 0 radical (unpaired) electrons. The summed E-state index contributed by atoms with van der Waals surface area (Å²) in [6.45, 7) is 0. The van der Waals surface area contributed by atoms with Crippen LogP contribution in [0.5, 0.6) is 0 Å². The fraction of sp³-hybridized carbons (Fsp3) is 0. The molecule has 0 aliphatic rings. The zero-order valence-corrected chi connectivity index (χ0v) is 8.65. The Morgan fingerprint density at radius 3 is 2.38 bits per heavy atom. The monoisotopic (exact) mass is 236 g/mol. The Kier molecular flexibility index (Phi) is 2.44. The predicted molar refractivity (Wildman–Crippen MR) is 53.3 cm³/mol. The van der Waals surface area contributed by atoms with Gasteiger partial charge in [-0.05, 0) is 0 Å². The third kappa shape index (κ3) is 1.80. The molecule has 0 atom stereocenters. The van der Waals surface area contributed by atoms with Crippen LogP contribution < -0.4 is 0 Å². The van der Waals surface area contributed by atoms with Crippen LogP contribution in [-0.2, 0) is 0 Å². The van der Waals surface area contributed by atoms with Gasteiger partial charge in [0.25, 0.3) is 0 Å². The second-order valence-corrected chi connectivity index (χ2v) is 4.66. The SMILES string of the molecule is O=C(c1ccccc1)c1ccc[se]1. The molecule has 1 nitrogen and oxygen atoms in total. The molecule has 13 heavy (non-hydrogen) atoms. The second-order valence-electron chi connectivity index (χ2n) is 2.67. The fourth-order valence-corrected chi connectivity index (χ4v) is 2.58. The van der Waals surface area contributed by atoms with Gasteiger partial charge < -0.3 is 0 Å². The van der Waals surface area contributed by atoms with Gasteiger partial charge in [0.1, 0.15) is 0 Å². The fourth-order valence-electron chi connectivity index (χ4n) is 1.14. The van der Waals surface area contributed by atoms with Gasteiger partial charge >= 0.3 is 82.5 Å². The number of ketones is 1. The van der Waals surface area contributed by atoms with Crippen molar-refractivity contribution in [2.45, 2.75) is 0 Å². The first-order chi connectivity index (χ1) is 6.38. The quantitative estimate of drug-likeness (QED) is 0.574. The van der Waals surface area contributed by atoms with E-state index in [1.807, 2.05) is 42.5 Å². The summed E-state index contributed by atoms with van der Waals surface area (Å²) >= 11 is 0.243. The summed E-state index contributed by atoms with van der Waals surface area (Å²) in [5.41, 5.74) is 0.791. The summed E-state index contributed by atoms with van der Waals surface area (Å²) in [5, 5.41) is 0. The van der Waals surface area contributed by atoms with E-state index >= 15 is 0 Å². The molecular formula is C11H8OSe. The molecule has 0 saturated carbocycles. The third-order valence-corrected chi connectivity index (χ3v) is 3.60. The van der Waals surface area contributed by atoms with E-state index in [2.05, 4.69) is 4.94 Å². The molecule has 1 heterocycles. The molecule has 0 bridgehead atoms. The molecule has 0 saturated heterocycles. The molecule has 0 aliphatic heterocycles. The van der Waals surface area contributed by atoms with Crippen molar-refractivity contribution in [2.24, 2.45) is 0 Å². The van der Waals surface area contributed by atoms with Crippen molar-refractivity contribution in [3.8, 4) is 0 Å². The van der Waals surface area contributed by atoms with E-state index in [4.69, 9.17) is 0 Å². The van der Waals surface area contributed by atoms with Crippen LogP contribution in [0.1, 0.15) is 14.8 Å². The molecule has 0 fully saturated rings. The van der Waals surface area contributed by atoms with E-state index in [9.17, 15) is 4.79 Å². The Morgan fingerprint density at radius 1 is 1.00 bits per heavy atom. The van der Waals surface area contributed by atoms with Gasteiger partial charge in [-0.15, -0.1) is 0 Å². The molecule has 1 aromatic heterocycles. The summed E-state index contributed by atoms with van der Waals surface area (Å²) in [6, 6.07) is 13.3. The minimum absolute atomic E-state index is 0.172. The molecule has 1 aromatic carbocycles. The first-order valence-corrected chi connectivity index (χ1v) is 5.86. The van der Waals surface area contributed by atoms with Crippen molar-refractivity contribution >= 4 is 20.3 Å². The van der Waals surface area contributed by atoms with Crippen molar-refractivity contribution in [3.63, 3.8) is 0 Å². The van der Waals surface area contributed by atoms with Gasteiger partial charge in [-0.3, -0.25) is 0 Å². The van der Waals surface area contributed by atoms with E-state index in [1.165, 1.54) is 0 Å². The van der Waals surface area contributed by atoms with E-state index < -0.39 is 0 Å². The van der Waals surface area contributed by atoms with E-state index in [-0.39, 0.29) is 20.3 Å². The normalized spacial score (nSPS) is 9.85. The molecular weight excluding hydrogens is 227 g/mol. The minimum atomic E-state index is 0.172. The van der Waals surface area contributed by atoms with Gasteiger partial charge in [-0.2, -0.15) is 0 Å². The standard InChI is InChI=1S/C11H8OSe/c12-11(10-7-4-8-13-10)9-5-2-1-3-6-9/h1-8H. The van der Waals surface area contributed by atoms with Crippen molar-refractivity contribution in [3.05, 3.63) is 57.4 Å². The third-order valence-electron chi connectivity index (χ3n) is 1.78. The molecule has 2 aromatic rings. The summed E-state index contributed by atoms with van der Waals surface area (Å²) in [5.74, 6) is 0.172. The Bertz CT molecular complexity index is 389. The van der Waals surface area contributed by atoms with Crippen LogP contribution in [0.25, 0.3) is 0 Å². The molecule has 2 heteroatoms. The molecule has 0 aliphatic carbocycles. The molecule has 2 rings (SSSR count). The van der Waals surface area contributed by atoms with Crippen LogP contribution in [-0.4, -0.2) is 20.3 Å². The Hall–Kier alpha value is -1.11. The van der Waals surface area contributed by atoms with Crippen LogP contribution in [0, 0.1) is 0 Å². The molecule has 64 valence electrons. The van der Waals surface area contributed by atoms with Gasteiger partial charge in [0.05, 0.1) is 0 Å². The van der Waals surface area contributed by atoms with Gasteiger partial charge in [-0.1, -0.05) is 0 Å². The van der Waals surface area contributed by atoms with E-state index in [0.29, 0.717) is 0 Å². The van der Waals surface area contributed by atoms with Crippen LogP contribution in [0.4, 0.5) is 0 Å². The topological polar surface area (TPSA) is 17.1 Å². The van der Waals surface area contributed by atoms with E-state index in [1.54, 1.807) is 0 Å². The van der Waals surface area contributed by atoms with Crippen LogP contribution in [0.2, 0.25) is 0 Å². The van der Waals surface area contributed by atoms with E-state index in [0.717, 1.165) is 10.0 Å². The first-order valence-electron chi connectivity index (χ1n) is 4.01. The number of carbonyl (C=O) groups excluding carboxylic acids is 1. The van der Waals surface area contributed by atoms with Gasteiger partial charge in [-0.25, -0.2) is 0 Å². The summed E-state index contributed by atoms with van der Waals surface area (Å²) in [4.78, 5) is 13.8.